The zero-order valence-corrected chi connectivity index (χ0v) is 14.0. The molecule has 0 N–H and O–H groups in total. The van der Waals surface area contributed by atoms with E-state index < -0.39 is 0 Å². The van der Waals surface area contributed by atoms with Gasteiger partial charge in [-0.15, -0.1) is 0 Å². The van der Waals surface area contributed by atoms with Gasteiger partial charge in [-0.05, 0) is 49.9 Å². The predicted molar refractivity (Wildman–Crippen MR) is 91.3 cm³/mol. The monoisotopic (exact) mass is 300 g/mol. The van der Waals surface area contributed by atoms with Gasteiger partial charge in [0.2, 0.25) is 5.91 Å². The fourth-order valence-corrected chi connectivity index (χ4v) is 3.93. The highest BCUT2D eigenvalue weighted by Crippen LogP contribution is 2.26. The van der Waals surface area contributed by atoms with Gasteiger partial charge >= 0.3 is 0 Å². The first-order chi connectivity index (χ1) is 10.6. The molecule has 0 unspecified atom stereocenters. The third-order valence-corrected chi connectivity index (χ3v) is 5.12. The Hall–Kier alpha value is -1.51. The second-order valence-corrected chi connectivity index (χ2v) is 6.99. The third kappa shape index (κ3) is 3.45. The Balaban J connectivity index is 1.58. The van der Waals surface area contributed by atoms with Gasteiger partial charge in [0.05, 0.1) is 0 Å². The summed E-state index contributed by atoms with van der Waals surface area (Å²) in [6.07, 6.45) is 5.99. The van der Waals surface area contributed by atoms with E-state index in [0.29, 0.717) is 11.8 Å². The Bertz CT molecular complexity index is 506. The second-order valence-electron chi connectivity index (χ2n) is 6.99. The van der Waals surface area contributed by atoms with Gasteiger partial charge in [-0.2, -0.15) is 0 Å². The maximum Gasteiger partial charge on any atom is 0.225 e. The van der Waals surface area contributed by atoms with Gasteiger partial charge in [0.1, 0.15) is 0 Å². The maximum atomic E-state index is 12.6. The SMILES string of the molecule is Cc1cc(C)cc(N2CCN(C(=O)C3CCCCC3)CC2)c1. The summed E-state index contributed by atoms with van der Waals surface area (Å²) in [6, 6.07) is 6.73. The van der Waals surface area contributed by atoms with Gasteiger partial charge in [0, 0.05) is 37.8 Å². The molecule has 0 spiro atoms. The molecule has 1 saturated heterocycles. The van der Waals surface area contributed by atoms with Crippen LogP contribution in [-0.4, -0.2) is 37.0 Å². The van der Waals surface area contributed by atoms with Crippen LogP contribution < -0.4 is 4.90 Å². The standard InChI is InChI=1S/C19H28N2O/c1-15-12-16(2)14-18(13-15)20-8-10-21(11-9-20)19(22)17-6-4-3-5-7-17/h12-14,17H,3-11H2,1-2H3. The van der Waals surface area contributed by atoms with Crippen LogP contribution in [0.3, 0.4) is 0 Å². The first-order valence-electron chi connectivity index (χ1n) is 8.75. The van der Waals surface area contributed by atoms with E-state index in [0.717, 1.165) is 39.0 Å². The molecule has 3 nitrogen and oxygen atoms in total. The van der Waals surface area contributed by atoms with E-state index in [9.17, 15) is 4.79 Å². The number of carbonyl (C=O) groups excluding carboxylic acids is 1. The van der Waals surface area contributed by atoms with Gasteiger partial charge in [-0.1, -0.05) is 25.3 Å². The van der Waals surface area contributed by atoms with E-state index in [4.69, 9.17) is 0 Å². The average Bonchev–Trinajstić information content (AvgIpc) is 2.54. The van der Waals surface area contributed by atoms with Crippen molar-refractivity contribution >= 4 is 11.6 Å². The van der Waals surface area contributed by atoms with Crippen molar-refractivity contribution in [3.63, 3.8) is 0 Å². The van der Waals surface area contributed by atoms with Crippen LogP contribution in [0.5, 0.6) is 0 Å². The summed E-state index contributed by atoms with van der Waals surface area (Å²) in [7, 11) is 0. The summed E-state index contributed by atoms with van der Waals surface area (Å²) < 4.78 is 0. The van der Waals surface area contributed by atoms with Gasteiger partial charge in [-0.3, -0.25) is 4.79 Å². The Kier molecular flexibility index (Phi) is 4.70. The van der Waals surface area contributed by atoms with Gasteiger partial charge in [-0.25, -0.2) is 0 Å². The van der Waals surface area contributed by atoms with E-state index in [1.807, 2.05) is 0 Å². The van der Waals surface area contributed by atoms with Crippen molar-refractivity contribution in [3.05, 3.63) is 29.3 Å². The lowest BCUT2D eigenvalue weighted by Gasteiger charge is -2.38. The molecule has 3 heteroatoms. The minimum Gasteiger partial charge on any atom is -0.368 e. The number of carbonyl (C=O) groups is 1. The zero-order chi connectivity index (χ0) is 15.5. The molecule has 0 radical (unpaired) electrons. The summed E-state index contributed by atoms with van der Waals surface area (Å²) in [5, 5.41) is 0. The number of amides is 1. The molecule has 22 heavy (non-hydrogen) atoms. The van der Waals surface area contributed by atoms with Crippen LogP contribution in [0.15, 0.2) is 18.2 Å². The fraction of sp³-hybridized carbons (Fsp3) is 0.632. The smallest absolute Gasteiger partial charge is 0.225 e. The largest absolute Gasteiger partial charge is 0.368 e. The van der Waals surface area contributed by atoms with Crippen LogP contribution in [0.1, 0.15) is 43.2 Å². The van der Waals surface area contributed by atoms with Crippen molar-refractivity contribution in [2.45, 2.75) is 46.0 Å². The molecular weight excluding hydrogens is 272 g/mol. The van der Waals surface area contributed by atoms with E-state index in [1.54, 1.807) is 0 Å². The molecule has 3 rings (SSSR count). The Morgan fingerprint density at radius 3 is 2.09 bits per heavy atom. The van der Waals surface area contributed by atoms with E-state index in [2.05, 4.69) is 41.8 Å². The molecule has 2 fully saturated rings. The molecule has 0 bridgehead atoms. The number of rotatable bonds is 2. The Labute approximate surface area is 134 Å². The molecule has 1 aromatic carbocycles. The summed E-state index contributed by atoms with van der Waals surface area (Å²) in [5.74, 6) is 0.723. The number of anilines is 1. The van der Waals surface area contributed by atoms with Gasteiger partial charge in [0.15, 0.2) is 0 Å². The first kappa shape index (κ1) is 15.4. The van der Waals surface area contributed by atoms with E-state index >= 15 is 0 Å². The van der Waals surface area contributed by atoms with Crippen molar-refractivity contribution in [1.82, 2.24) is 4.90 Å². The lowest BCUT2D eigenvalue weighted by Crippen LogP contribution is -2.50. The summed E-state index contributed by atoms with van der Waals surface area (Å²) in [4.78, 5) is 17.1. The normalized spacial score (nSPS) is 20.3. The van der Waals surface area contributed by atoms with Crippen LogP contribution >= 0.6 is 0 Å². The molecule has 0 aromatic heterocycles. The zero-order valence-electron chi connectivity index (χ0n) is 14.0. The van der Waals surface area contributed by atoms with E-state index in [-0.39, 0.29) is 0 Å². The molecule has 1 aliphatic heterocycles. The molecule has 1 aliphatic carbocycles. The molecule has 120 valence electrons. The quantitative estimate of drug-likeness (QED) is 0.834. The Morgan fingerprint density at radius 2 is 1.50 bits per heavy atom. The minimum absolute atomic E-state index is 0.307. The fourth-order valence-electron chi connectivity index (χ4n) is 3.93. The maximum absolute atomic E-state index is 12.6. The van der Waals surface area contributed by atoms with Crippen LogP contribution in [0.25, 0.3) is 0 Å². The van der Waals surface area contributed by atoms with Crippen molar-refractivity contribution in [2.24, 2.45) is 5.92 Å². The van der Waals surface area contributed by atoms with Crippen molar-refractivity contribution in [3.8, 4) is 0 Å². The van der Waals surface area contributed by atoms with Crippen LogP contribution in [0.4, 0.5) is 5.69 Å². The molecule has 1 amide bonds. The van der Waals surface area contributed by atoms with Crippen LogP contribution in [0, 0.1) is 19.8 Å². The number of nitrogens with zero attached hydrogens (tertiary/aromatic N) is 2. The first-order valence-corrected chi connectivity index (χ1v) is 8.75. The highest BCUT2D eigenvalue weighted by Gasteiger charge is 2.28. The minimum atomic E-state index is 0.307. The van der Waals surface area contributed by atoms with Crippen molar-refractivity contribution < 1.29 is 4.79 Å². The summed E-state index contributed by atoms with van der Waals surface area (Å²) >= 11 is 0. The predicted octanol–water partition coefficient (Wildman–Crippen LogP) is 3.53. The molecule has 1 aromatic rings. The second kappa shape index (κ2) is 6.72. The molecule has 0 atom stereocenters. The highest BCUT2D eigenvalue weighted by molar-refractivity contribution is 5.79. The van der Waals surface area contributed by atoms with Crippen molar-refractivity contribution in [1.29, 1.82) is 0 Å². The Morgan fingerprint density at radius 1 is 0.909 bits per heavy atom. The average molecular weight is 300 g/mol. The van der Waals surface area contributed by atoms with Gasteiger partial charge in [0.25, 0.3) is 0 Å². The molecule has 1 saturated carbocycles. The number of benzene rings is 1. The molecule has 1 heterocycles. The van der Waals surface area contributed by atoms with Crippen molar-refractivity contribution in [2.75, 3.05) is 31.1 Å². The topological polar surface area (TPSA) is 23.6 Å². The lowest BCUT2D eigenvalue weighted by molar-refractivity contribution is -0.136. The third-order valence-electron chi connectivity index (χ3n) is 5.12. The lowest BCUT2D eigenvalue weighted by atomic mass is 9.88. The summed E-state index contributed by atoms with van der Waals surface area (Å²) in [5.41, 5.74) is 3.94. The van der Waals surface area contributed by atoms with Crippen LogP contribution in [-0.2, 0) is 4.79 Å². The highest BCUT2D eigenvalue weighted by atomic mass is 16.2. The number of piperazine rings is 1. The molecule has 2 aliphatic rings. The van der Waals surface area contributed by atoms with Crippen LogP contribution in [0.2, 0.25) is 0 Å². The number of hydrogen-bond donors (Lipinski definition) is 0. The van der Waals surface area contributed by atoms with Gasteiger partial charge < -0.3 is 9.80 Å². The number of aryl methyl sites for hydroxylation is 2. The summed E-state index contributed by atoms with van der Waals surface area (Å²) in [6.45, 7) is 7.98. The number of hydrogen-bond acceptors (Lipinski definition) is 2. The molecular formula is C19H28N2O. The van der Waals surface area contributed by atoms with E-state index in [1.165, 1.54) is 36.1 Å².